The molecule has 2 aromatic rings. The molecule has 4 heterocycles. The van der Waals surface area contributed by atoms with Gasteiger partial charge in [-0.25, -0.2) is 4.99 Å². The Labute approximate surface area is 255 Å². The molecule has 9 heteroatoms. The van der Waals surface area contributed by atoms with Crippen molar-refractivity contribution in [2.24, 2.45) is 10.9 Å². The lowest BCUT2D eigenvalue weighted by Crippen LogP contribution is -2.40. The average Bonchev–Trinajstić information content (AvgIpc) is 3.44. The fourth-order valence-corrected chi connectivity index (χ4v) is 7.01. The summed E-state index contributed by atoms with van der Waals surface area (Å²) in [5, 5.41) is 3.92. The van der Waals surface area contributed by atoms with E-state index in [2.05, 4.69) is 59.9 Å². The van der Waals surface area contributed by atoms with E-state index >= 15 is 0 Å². The summed E-state index contributed by atoms with van der Waals surface area (Å²) in [5.41, 5.74) is 4.05. The number of carbonyl (C=O) groups is 2. The molecule has 3 aliphatic rings. The van der Waals surface area contributed by atoms with Crippen LogP contribution in [0.15, 0.2) is 33.4 Å². The van der Waals surface area contributed by atoms with Gasteiger partial charge in [-0.15, -0.1) is 0 Å². The molecule has 1 aromatic heterocycles. The van der Waals surface area contributed by atoms with Crippen LogP contribution in [-0.4, -0.2) is 81.0 Å². The Bertz CT molecular complexity index is 1380. The van der Waals surface area contributed by atoms with E-state index in [9.17, 15) is 9.59 Å². The molecule has 3 aliphatic heterocycles. The van der Waals surface area contributed by atoms with Gasteiger partial charge in [0.25, 0.3) is 11.8 Å². The third-order valence-corrected chi connectivity index (χ3v) is 9.43. The zero-order chi connectivity index (χ0) is 30.7. The van der Waals surface area contributed by atoms with Crippen LogP contribution in [0.25, 0.3) is 11.0 Å². The standard InChI is InChI=1S/C34H48N4O5/c1-7-25-28(38(8-2)24-11-15-42-16-12-24)19-31-26(18-29(43-31)23-9-13-37(14-10-23)21(3)4)32(25)34(40)35-20-27-30(41-6)17-22(5)36-33(27)39/h17-19,21,23-24,27H,7-16,20H2,1-6H3,(H,35,40). The smallest absolute Gasteiger partial charge is 0.258 e. The van der Waals surface area contributed by atoms with E-state index in [0.29, 0.717) is 41.5 Å². The van der Waals surface area contributed by atoms with Gasteiger partial charge in [0, 0.05) is 67.2 Å². The van der Waals surface area contributed by atoms with E-state index < -0.39 is 5.92 Å². The van der Waals surface area contributed by atoms with Crippen LogP contribution in [0.4, 0.5) is 5.69 Å². The molecule has 0 bridgehead atoms. The third kappa shape index (κ3) is 6.53. The van der Waals surface area contributed by atoms with Crippen LogP contribution in [-0.2, 0) is 20.7 Å². The predicted molar refractivity (Wildman–Crippen MR) is 170 cm³/mol. The number of aliphatic imine (C=N–C) groups is 1. The number of allylic oxidation sites excluding steroid dienone is 1. The maximum absolute atomic E-state index is 14.2. The number of nitrogens with one attached hydrogen (secondary N) is 1. The summed E-state index contributed by atoms with van der Waals surface area (Å²) in [6.07, 6.45) is 6.41. The van der Waals surface area contributed by atoms with Gasteiger partial charge in [0.15, 0.2) is 0 Å². The SMILES string of the molecule is CCc1c(N(CC)C2CCOCC2)cc2oc(C3CCN(C(C)C)CC3)cc2c1C(=O)NCC1C(=O)N=C(C)C=C1OC. The molecule has 1 unspecified atom stereocenters. The molecule has 43 heavy (non-hydrogen) atoms. The van der Waals surface area contributed by atoms with Crippen LogP contribution < -0.4 is 10.2 Å². The number of ether oxygens (including phenoxy) is 2. The maximum Gasteiger partial charge on any atom is 0.258 e. The third-order valence-electron chi connectivity index (χ3n) is 9.43. The number of benzene rings is 1. The Morgan fingerprint density at radius 1 is 1.16 bits per heavy atom. The summed E-state index contributed by atoms with van der Waals surface area (Å²) in [5.74, 6) is 0.631. The van der Waals surface area contributed by atoms with Crippen LogP contribution in [0.3, 0.4) is 0 Å². The highest BCUT2D eigenvalue weighted by molar-refractivity contribution is 6.10. The van der Waals surface area contributed by atoms with Gasteiger partial charge in [0.05, 0.1) is 12.7 Å². The van der Waals surface area contributed by atoms with Gasteiger partial charge in [0.1, 0.15) is 23.0 Å². The van der Waals surface area contributed by atoms with Crippen molar-refractivity contribution in [2.45, 2.75) is 84.7 Å². The van der Waals surface area contributed by atoms with E-state index in [-0.39, 0.29) is 18.4 Å². The zero-order valence-corrected chi connectivity index (χ0v) is 26.7. The molecule has 0 radical (unpaired) electrons. The number of anilines is 1. The monoisotopic (exact) mass is 592 g/mol. The minimum Gasteiger partial charge on any atom is -0.500 e. The van der Waals surface area contributed by atoms with Gasteiger partial charge in [0.2, 0.25) is 0 Å². The van der Waals surface area contributed by atoms with E-state index in [1.807, 2.05) is 0 Å². The van der Waals surface area contributed by atoms with E-state index in [4.69, 9.17) is 13.9 Å². The van der Waals surface area contributed by atoms with E-state index in [1.165, 1.54) is 0 Å². The molecule has 0 saturated carbocycles. The normalized spacial score (nSPS) is 20.8. The first-order valence-electron chi connectivity index (χ1n) is 16.1. The van der Waals surface area contributed by atoms with Gasteiger partial charge < -0.3 is 29.0 Å². The lowest BCUT2D eigenvalue weighted by atomic mass is 9.92. The molecule has 1 N–H and O–H groups in total. The Hall–Kier alpha value is -3.17. The van der Waals surface area contributed by atoms with Gasteiger partial charge in [-0.3, -0.25) is 9.59 Å². The highest BCUT2D eigenvalue weighted by Gasteiger charge is 2.32. The molecule has 2 amide bonds. The Morgan fingerprint density at radius 3 is 2.51 bits per heavy atom. The van der Waals surface area contributed by atoms with Crippen molar-refractivity contribution < 1.29 is 23.5 Å². The number of nitrogens with zero attached hydrogens (tertiary/aromatic N) is 3. The number of amides is 2. The lowest BCUT2D eigenvalue weighted by Gasteiger charge is -2.37. The van der Waals surface area contributed by atoms with E-state index in [1.54, 1.807) is 20.1 Å². The number of methoxy groups -OCH3 is 1. The first-order valence-corrected chi connectivity index (χ1v) is 16.1. The van der Waals surface area contributed by atoms with Crippen molar-refractivity contribution in [1.82, 2.24) is 10.2 Å². The minimum absolute atomic E-state index is 0.110. The van der Waals surface area contributed by atoms with Crippen molar-refractivity contribution in [3.63, 3.8) is 0 Å². The first-order chi connectivity index (χ1) is 20.7. The molecule has 9 nitrogen and oxygen atoms in total. The Kier molecular flexibility index (Phi) is 9.92. The summed E-state index contributed by atoms with van der Waals surface area (Å²) in [7, 11) is 1.54. The summed E-state index contributed by atoms with van der Waals surface area (Å²) < 4.78 is 17.8. The predicted octanol–water partition coefficient (Wildman–Crippen LogP) is 5.47. The van der Waals surface area contributed by atoms with Gasteiger partial charge in [-0.1, -0.05) is 6.92 Å². The number of likely N-dealkylation sites (tertiary alicyclic amines) is 1. The van der Waals surface area contributed by atoms with Crippen LogP contribution in [0.2, 0.25) is 0 Å². The summed E-state index contributed by atoms with van der Waals surface area (Å²) in [6, 6.07) is 5.13. The lowest BCUT2D eigenvalue weighted by molar-refractivity contribution is -0.121. The number of hydrogen-bond donors (Lipinski definition) is 1. The average molecular weight is 593 g/mol. The van der Waals surface area contributed by atoms with Crippen molar-refractivity contribution in [2.75, 3.05) is 51.4 Å². The molecule has 0 spiro atoms. The van der Waals surface area contributed by atoms with Crippen molar-refractivity contribution in [1.29, 1.82) is 0 Å². The van der Waals surface area contributed by atoms with Crippen LogP contribution in [0, 0.1) is 5.92 Å². The number of furan rings is 1. The molecule has 1 aromatic carbocycles. The molecule has 5 rings (SSSR count). The topological polar surface area (TPSA) is 96.6 Å². The first kappa shape index (κ1) is 31.3. The maximum atomic E-state index is 14.2. The van der Waals surface area contributed by atoms with Crippen molar-refractivity contribution >= 4 is 34.2 Å². The highest BCUT2D eigenvalue weighted by atomic mass is 16.5. The molecule has 1 atom stereocenters. The number of carbonyl (C=O) groups excluding carboxylic acids is 2. The van der Waals surface area contributed by atoms with Crippen LogP contribution in [0.5, 0.6) is 0 Å². The van der Waals surface area contributed by atoms with Crippen LogP contribution in [0.1, 0.15) is 87.9 Å². The second kappa shape index (κ2) is 13.6. The summed E-state index contributed by atoms with van der Waals surface area (Å²) in [4.78, 5) is 36.0. The molecular formula is C34H48N4O5. The second-order valence-electron chi connectivity index (χ2n) is 12.3. The largest absolute Gasteiger partial charge is 0.500 e. The fourth-order valence-electron chi connectivity index (χ4n) is 7.01. The molecule has 2 saturated heterocycles. The van der Waals surface area contributed by atoms with Gasteiger partial charge >= 0.3 is 0 Å². The van der Waals surface area contributed by atoms with Gasteiger partial charge in [-0.2, -0.15) is 0 Å². The quantitative estimate of drug-likeness (QED) is 0.391. The summed E-state index contributed by atoms with van der Waals surface area (Å²) >= 11 is 0. The zero-order valence-electron chi connectivity index (χ0n) is 26.7. The van der Waals surface area contributed by atoms with Crippen LogP contribution >= 0.6 is 0 Å². The number of piperidine rings is 1. The number of rotatable bonds is 10. The summed E-state index contributed by atoms with van der Waals surface area (Å²) in [6.45, 7) is 15.0. The Balaban J connectivity index is 1.53. The molecule has 234 valence electrons. The van der Waals surface area contributed by atoms with Crippen molar-refractivity contribution in [3.8, 4) is 0 Å². The highest BCUT2D eigenvalue weighted by Crippen LogP contribution is 2.39. The molecule has 2 fully saturated rings. The number of hydrogen-bond acceptors (Lipinski definition) is 7. The molecule has 0 aliphatic carbocycles. The number of dihydropyridines is 1. The molecular weight excluding hydrogens is 544 g/mol. The number of fused-ring (bicyclic) bond motifs is 1. The second-order valence-corrected chi connectivity index (χ2v) is 12.3. The minimum atomic E-state index is -0.651. The van der Waals surface area contributed by atoms with Crippen molar-refractivity contribution in [3.05, 3.63) is 40.9 Å². The Morgan fingerprint density at radius 2 is 1.88 bits per heavy atom. The van der Waals surface area contributed by atoms with E-state index in [0.717, 1.165) is 86.5 Å². The van der Waals surface area contributed by atoms with Gasteiger partial charge in [-0.05, 0) is 90.6 Å². The fraction of sp³-hybridized carbons (Fsp3) is 0.618.